The van der Waals surface area contributed by atoms with Gasteiger partial charge in [-0.25, -0.2) is 0 Å². The first kappa shape index (κ1) is 16.9. The summed E-state index contributed by atoms with van der Waals surface area (Å²) in [7, 11) is 0. The fourth-order valence-corrected chi connectivity index (χ4v) is 2.57. The monoisotopic (exact) mass is 317 g/mol. The number of benzene rings is 1. The highest BCUT2D eigenvalue weighted by molar-refractivity contribution is 6.05. The van der Waals surface area contributed by atoms with Crippen molar-refractivity contribution in [2.45, 2.75) is 38.7 Å². The van der Waals surface area contributed by atoms with Gasteiger partial charge in [0.2, 0.25) is 5.76 Å². The standard InChI is InChI=1S/C17H23N3O3/c1-2-19-15(11-18)16(23-14-8-3-4-9-14)17(22)20-12-6-5-7-13(21)10-12/h5-7,10-11,14,18-19,21H,2-4,8-9H2,1H3,(H,20,22)/b16-15-,18-11?. The number of hydrogen-bond donors (Lipinski definition) is 4. The van der Waals surface area contributed by atoms with Crippen LogP contribution >= 0.6 is 0 Å². The van der Waals surface area contributed by atoms with Crippen LogP contribution in [-0.4, -0.2) is 29.9 Å². The molecule has 1 aromatic rings. The Kier molecular flexibility index (Phi) is 6.02. The topological polar surface area (TPSA) is 94.4 Å². The first-order valence-corrected chi connectivity index (χ1v) is 7.89. The van der Waals surface area contributed by atoms with Crippen molar-refractivity contribution < 1.29 is 14.6 Å². The molecule has 0 saturated heterocycles. The number of ether oxygens (including phenoxy) is 1. The van der Waals surface area contributed by atoms with Gasteiger partial charge in [0, 0.05) is 24.5 Å². The zero-order valence-corrected chi connectivity index (χ0v) is 13.3. The van der Waals surface area contributed by atoms with E-state index in [2.05, 4.69) is 10.6 Å². The van der Waals surface area contributed by atoms with Gasteiger partial charge in [-0.1, -0.05) is 6.07 Å². The number of amides is 1. The third-order valence-corrected chi connectivity index (χ3v) is 3.65. The van der Waals surface area contributed by atoms with Crippen LogP contribution in [0.4, 0.5) is 5.69 Å². The molecule has 1 amide bonds. The van der Waals surface area contributed by atoms with Crippen LogP contribution < -0.4 is 10.6 Å². The lowest BCUT2D eigenvalue weighted by atomic mass is 10.2. The molecule has 1 fully saturated rings. The zero-order chi connectivity index (χ0) is 16.7. The molecule has 0 unspecified atom stereocenters. The number of carbonyl (C=O) groups excluding carboxylic acids is 1. The molecule has 1 aromatic carbocycles. The van der Waals surface area contributed by atoms with Crippen molar-refractivity contribution in [2.24, 2.45) is 0 Å². The summed E-state index contributed by atoms with van der Waals surface area (Å²) in [5.74, 6) is -0.233. The molecular weight excluding hydrogens is 294 g/mol. The van der Waals surface area contributed by atoms with Crippen LogP contribution in [0.15, 0.2) is 35.7 Å². The third kappa shape index (κ3) is 4.74. The van der Waals surface area contributed by atoms with E-state index >= 15 is 0 Å². The maximum atomic E-state index is 12.6. The van der Waals surface area contributed by atoms with Gasteiger partial charge in [0.25, 0.3) is 5.91 Å². The van der Waals surface area contributed by atoms with Crippen molar-refractivity contribution in [2.75, 3.05) is 11.9 Å². The Morgan fingerprint density at radius 2 is 2.17 bits per heavy atom. The van der Waals surface area contributed by atoms with Gasteiger partial charge in [0.15, 0.2) is 0 Å². The summed E-state index contributed by atoms with van der Waals surface area (Å²) in [5, 5.41) is 22.7. The minimum Gasteiger partial charge on any atom is -0.508 e. The molecule has 6 nitrogen and oxygen atoms in total. The second kappa shape index (κ2) is 8.22. The average Bonchev–Trinajstić information content (AvgIpc) is 3.03. The summed E-state index contributed by atoms with van der Waals surface area (Å²) in [6, 6.07) is 6.32. The largest absolute Gasteiger partial charge is 0.508 e. The number of rotatable bonds is 7. The van der Waals surface area contributed by atoms with Crippen LogP contribution in [0, 0.1) is 5.41 Å². The van der Waals surface area contributed by atoms with E-state index in [0.717, 1.165) is 31.9 Å². The zero-order valence-electron chi connectivity index (χ0n) is 13.3. The Morgan fingerprint density at radius 1 is 1.43 bits per heavy atom. The normalized spacial score (nSPS) is 15.7. The number of allylic oxidation sites excluding steroid dienone is 1. The predicted molar refractivity (Wildman–Crippen MR) is 89.6 cm³/mol. The van der Waals surface area contributed by atoms with Crippen LogP contribution in [-0.2, 0) is 9.53 Å². The quantitative estimate of drug-likeness (QED) is 0.353. The number of phenolic OH excluding ortho intramolecular Hbond substituents is 1. The van der Waals surface area contributed by atoms with Crippen LogP contribution in [0.3, 0.4) is 0 Å². The Bertz CT molecular complexity index is 593. The maximum Gasteiger partial charge on any atom is 0.293 e. The molecule has 4 N–H and O–H groups in total. The molecule has 124 valence electrons. The first-order valence-electron chi connectivity index (χ1n) is 7.89. The van der Waals surface area contributed by atoms with Gasteiger partial charge in [-0.2, -0.15) is 0 Å². The molecule has 0 aromatic heterocycles. The molecule has 0 spiro atoms. The lowest BCUT2D eigenvalue weighted by molar-refractivity contribution is -0.117. The maximum absolute atomic E-state index is 12.6. The Morgan fingerprint density at radius 3 is 2.78 bits per heavy atom. The molecule has 6 heteroatoms. The summed E-state index contributed by atoms with van der Waals surface area (Å²) in [4.78, 5) is 12.6. The molecule has 0 radical (unpaired) electrons. The van der Waals surface area contributed by atoms with Gasteiger partial charge < -0.3 is 25.9 Å². The second-order valence-electron chi connectivity index (χ2n) is 5.45. The third-order valence-electron chi connectivity index (χ3n) is 3.65. The van der Waals surface area contributed by atoms with E-state index in [0.29, 0.717) is 17.9 Å². The number of anilines is 1. The van der Waals surface area contributed by atoms with E-state index in [1.807, 2.05) is 6.92 Å². The predicted octanol–water partition coefficient (Wildman–Crippen LogP) is 2.76. The Hall–Kier alpha value is -2.50. The molecule has 23 heavy (non-hydrogen) atoms. The smallest absolute Gasteiger partial charge is 0.293 e. The molecule has 1 aliphatic carbocycles. The van der Waals surface area contributed by atoms with Crippen LogP contribution in [0.25, 0.3) is 0 Å². The van der Waals surface area contributed by atoms with Crippen molar-refractivity contribution in [1.82, 2.24) is 5.32 Å². The number of nitrogens with one attached hydrogen (secondary N) is 3. The fraction of sp³-hybridized carbons (Fsp3) is 0.412. The average molecular weight is 317 g/mol. The highest BCUT2D eigenvalue weighted by Gasteiger charge is 2.24. The molecule has 0 aliphatic heterocycles. The molecule has 0 atom stereocenters. The number of hydrogen-bond acceptors (Lipinski definition) is 5. The Labute approximate surface area is 136 Å². The summed E-state index contributed by atoms with van der Waals surface area (Å²) in [6.45, 7) is 2.48. The minimum atomic E-state index is -0.429. The van der Waals surface area contributed by atoms with Crippen molar-refractivity contribution in [3.63, 3.8) is 0 Å². The van der Waals surface area contributed by atoms with Gasteiger partial charge in [0.1, 0.15) is 11.4 Å². The molecule has 0 bridgehead atoms. The SMILES string of the molecule is CCN/C(C=N)=C(\OC1CCCC1)C(=O)Nc1cccc(O)c1. The number of aromatic hydroxyl groups is 1. The molecule has 1 aliphatic rings. The van der Waals surface area contributed by atoms with E-state index in [-0.39, 0.29) is 17.6 Å². The van der Waals surface area contributed by atoms with E-state index in [1.165, 1.54) is 12.1 Å². The number of phenols is 1. The minimum absolute atomic E-state index is 0.00790. The first-order chi connectivity index (χ1) is 11.1. The van der Waals surface area contributed by atoms with Crippen LogP contribution in [0.5, 0.6) is 5.75 Å². The molecule has 0 heterocycles. The van der Waals surface area contributed by atoms with E-state index in [1.54, 1.807) is 12.1 Å². The molecular formula is C17H23N3O3. The molecule has 2 rings (SSSR count). The lowest BCUT2D eigenvalue weighted by Gasteiger charge is -2.19. The highest BCUT2D eigenvalue weighted by atomic mass is 16.5. The Balaban J connectivity index is 2.20. The number of carbonyl (C=O) groups is 1. The van der Waals surface area contributed by atoms with Gasteiger partial charge in [-0.05, 0) is 44.7 Å². The van der Waals surface area contributed by atoms with Crippen LogP contribution in [0.1, 0.15) is 32.6 Å². The van der Waals surface area contributed by atoms with Gasteiger partial charge >= 0.3 is 0 Å². The summed E-state index contributed by atoms with van der Waals surface area (Å²) in [5.41, 5.74) is 0.834. The van der Waals surface area contributed by atoms with E-state index < -0.39 is 5.91 Å². The van der Waals surface area contributed by atoms with Gasteiger partial charge in [-0.3, -0.25) is 4.79 Å². The van der Waals surface area contributed by atoms with Crippen molar-refractivity contribution >= 4 is 17.8 Å². The summed E-state index contributed by atoms with van der Waals surface area (Å²) < 4.78 is 5.87. The van der Waals surface area contributed by atoms with E-state index in [9.17, 15) is 9.90 Å². The highest BCUT2D eigenvalue weighted by Crippen LogP contribution is 2.25. The summed E-state index contributed by atoms with van der Waals surface area (Å²) >= 11 is 0. The molecule has 1 saturated carbocycles. The van der Waals surface area contributed by atoms with E-state index in [4.69, 9.17) is 10.1 Å². The van der Waals surface area contributed by atoms with Crippen LogP contribution in [0.2, 0.25) is 0 Å². The van der Waals surface area contributed by atoms with Gasteiger partial charge in [0.05, 0.1) is 6.10 Å². The van der Waals surface area contributed by atoms with Crippen molar-refractivity contribution in [3.05, 3.63) is 35.7 Å². The second-order valence-corrected chi connectivity index (χ2v) is 5.45. The van der Waals surface area contributed by atoms with Crippen molar-refractivity contribution in [3.8, 4) is 5.75 Å². The summed E-state index contributed by atoms with van der Waals surface area (Å²) in [6.07, 6.45) is 5.12. The fourth-order valence-electron chi connectivity index (χ4n) is 2.57. The van der Waals surface area contributed by atoms with Gasteiger partial charge in [-0.15, -0.1) is 0 Å². The lowest BCUT2D eigenvalue weighted by Crippen LogP contribution is -2.27. The van der Waals surface area contributed by atoms with Crippen molar-refractivity contribution in [1.29, 1.82) is 5.41 Å².